The highest BCUT2D eigenvalue weighted by Gasteiger charge is 2.02. The number of nitriles is 1. The van der Waals surface area contributed by atoms with Gasteiger partial charge in [-0.2, -0.15) is 5.26 Å². The zero-order valence-corrected chi connectivity index (χ0v) is 8.78. The third kappa shape index (κ3) is 3.80. The number of hydrogen-bond donors (Lipinski definition) is 2. The molecule has 2 N–H and O–H groups in total. The summed E-state index contributed by atoms with van der Waals surface area (Å²) in [6, 6.07) is 6.86. The Bertz CT molecular complexity index is 432. The molecule has 0 bridgehead atoms. The summed E-state index contributed by atoms with van der Waals surface area (Å²) in [6.07, 6.45) is 1.72. The van der Waals surface area contributed by atoms with Crippen molar-refractivity contribution in [2.75, 3.05) is 5.32 Å². The molecule has 0 saturated heterocycles. The smallest absolute Gasteiger partial charge is 0.237 e. The van der Waals surface area contributed by atoms with Crippen LogP contribution in [-0.2, 0) is 16.0 Å². The molecule has 0 fully saturated rings. The molecule has 0 radical (unpaired) electrons. The Morgan fingerprint density at radius 1 is 1.31 bits per heavy atom. The van der Waals surface area contributed by atoms with Gasteiger partial charge in [0.15, 0.2) is 6.19 Å². The average molecular weight is 217 g/mol. The lowest BCUT2D eigenvalue weighted by molar-refractivity contribution is -0.119. The SMILES string of the molecule is CC(=O)Nc1ccc(CC(=O)NC#N)cc1. The minimum Gasteiger partial charge on any atom is -0.326 e. The van der Waals surface area contributed by atoms with Crippen LogP contribution in [-0.4, -0.2) is 11.8 Å². The van der Waals surface area contributed by atoms with Crippen molar-refractivity contribution in [3.05, 3.63) is 29.8 Å². The first-order valence-corrected chi connectivity index (χ1v) is 4.66. The summed E-state index contributed by atoms with van der Waals surface area (Å²) in [5.41, 5.74) is 1.46. The molecule has 0 aliphatic rings. The number of carbonyl (C=O) groups excluding carboxylic acids is 2. The summed E-state index contributed by atoms with van der Waals surface area (Å²) in [7, 11) is 0. The Morgan fingerprint density at radius 3 is 2.44 bits per heavy atom. The fourth-order valence-corrected chi connectivity index (χ4v) is 1.20. The van der Waals surface area contributed by atoms with Crippen LogP contribution in [0.1, 0.15) is 12.5 Å². The van der Waals surface area contributed by atoms with E-state index < -0.39 is 0 Å². The molecule has 0 spiro atoms. The van der Waals surface area contributed by atoms with E-state index in [0.29, 0.717) is 5.69 Å². The Hall–Kier alpha value is -2.35. The fraction of sp³-hybridized carbons (Fsp3) is 0.182. The van der Waals surface area contributed by atoms with Crippen molar-refractivity contribution in [3.63, 3.8) is 0 Å². The van der Waals surface area contributed by atoms with Crippen LogP contribution in [0.2, 0.25) is 0 Å². The molecule has 0 atom stereocenters. The van der Waals surface area contributed by atoms with Gasteiger partial charge >= 0.3 is 0 Å². The predicted molar refractivity (Wildman–Crippen MR) is 58.2 cm³/mol. The fourth-order valence-electron chi connectivity index (χ4n) is 1.20. The Balaban J connectivity index is 2.61. The highest BCUT2D eigenvalue weighted by atomic mass is 16.2. The molecule has 0 aromatic heterocycles. The summed E-state index contributed by atoms with van der Waals surface area (Å²) >= 11 is 0. The summed E-state index contributed by atoms with van der Waals surface area (Å²) in [6.45, 7) is 1.42. The largest absolute Gasteiger partial charge is 0.326 e. The number of rotatable bonds is 3. The van der Waals surface area contributed by atoms with Crippen LogP contribution in [0, 0.1) is 11.5 Å². The van der Waals surface area contributed by atoms with E-state index in [-0.39, 0.29) is 18.2 Å². The molecular formula is C11H11N3O2. The molecule has 5 heteroatoms. The van der Waals surface area contributed by atoms with Crippen molar-refractivity contribution in [1.29, 1.82) is 5.26 Å². The number of nitrogens with zero attached hydrogens (tertiary/aromatic N) is 1. The van der Waals surface area contributed by atoms with Gasteiger partial charge in [-0.05, 0) is 17.7 Å². The number of carbonyl (C=O) groups is 2. The lowest BCUT2D eigenvalue weighted by atomic mass is 10.1. The standard InChI is InChI=1S/C11H11N3O2/c1-8(15)14-10-4-2-9(3-5-10)6-11(16)13-7-12/h2-5H,6H2,1H3,(H,13,16)(H,14,15). The lowest BCUT2D eigenvalue weighted by Gasteiger charge is -2.03. The van der Waals surface area contributed by atoms with Gasteiger partial charge in [0, 0.05) is 12.6 Å². The normalized spacial score (nSPS) is 9.00. The van der Waals surface area contributed by atoms with Crippen LogP contribution in [0.15, 0.2) is 24.3 Å². The van der Waals surface area contributed by atoms with Gasteiger partial charge in [0.2, 0.25) is 11.8 Å². The predicted octanol–water partition coefficient (Wildman–Crippen LogP) is 0.785. The van der Waals surface area contributed by atoms with Gasteiger partial charge in [-0.15, -0.1) is 0 Å². The molecule has 16 heavy (non-hydrogen) atoms. The average Bonchev–Trinajstić information content (AvgIpc) is 2.20. The number of amides is 2. The van der Waals surface area contributed by atoms with Gasteiger partial charge < -0.3 is 5.32 Å². The molecule has 1 aromatic rings. The minimum absolute atomic E-state index is 0.144. The van der Waals surface area contributed by atoms with Gasteiger partial charge in [-0.25, -0.2) is 0 Å². The van der Waals surface area contributed by atoms with Crippen molar-refractivity contribution in [2.45, 2.75) is 13.3 Å². The van der Waals surface area contributed by atoms with Gasteiger partial charge in [0.05, 0.1) is 6.42 Å². The zero-order chi connectivity index (χ0) is 12.0. The molecule has 1 rings (SSSR count). The molecule has 2 amide bonds. The highest BCUT2D eigenvalue weighted by Crippen LogP contribution is 2.09. The van der Waals surface area contributed by atoms with Crippen LogP contribution < -0.4 is 10.6 Å². The maximum absolute atomic E-state index is 11.1. The lowest BCUT2D eigenvalue weighted by Crippen LogP contribution is -2.19. The maximum atomic E-state index is 11.1. The van der Waals surface area contributed by atoms with E-state index in [1.807, 2.05) is 5.32 Å². The van der Waals surface area contributed by atoms with E-state index in [1.54, 1.807) is 30.5 Å². The monoisotopic (exact) mass is 217 g/mol. The number of hydrogen-bond acceptors (Lipinski definition) is 3. The third-order valence-electron chi connectivity index (χ3n) is 1.83. The van der Waals surface area contributed by atoms with Crippen molar-refractivity contribution >= 4 is 17.5 Å². The van der Waals surface area contributed by atoms with Crippen LogP contribution in [0.3, 0.4) is 0 Å². The van der Waals surface area contributed by atoms with E-state index in [1.165, 1.54) is 6.92 Å². The molecule has 82 valence electrons. The van der Waals surface area contributed by atoms with Crippen LogP contribution in [0.5, 0.6) is 0 Å². The van der Waals surface area contributed by atoms with Crippen LogP contribution >= 0.6 is 0 Å². The summed E-state index contributed by atoms with van der Waals surface area (Å²) in [4.78, 5) is 21.8. The first-order chi connectivity index (χ1) is 7.61. The van der Waals surface area contributed by atoms with E-state index in [0.717, 1.165) is 5.56 Å². The summed E-state index contributed by atoms with van der Waals surface area (Å²) in [5.74, 6) is -0.496. The van der Waals surface area contributed by atoms with E-state index in [9.17, 15) is 9.59 Å². The first kappa shape index (κ1) is 11.7. The van der Waals surface area contributed by atoms with Crippen LogP contribution in [0.4, 0.5) is 5.69 Å². The molecule has 0 heterocycles. The van der Waals surface area contributed by atoms with Crippen molar-refractivity contribution in [3.8, 4) is 6.19 Å². The summed E-state index contributed by atoms with van der Waals surface area (Å²) < 4.78 is 0. The van der Waals surface area contributed by atoms with Crippen LogP contribution in [0.25, 0.3) is 0 Å². The molecule has 0 aliphatic heterocycles. The second-order valence-electron chi connectivity index (χ2n) is 3.21. The summed E-state index contributed by atoms with van der Waals surface area (Å²) in [5, 5.41) is 12.9. The van der Waals surface area contributed by atoms with Gasteiger partial charge in [0.25, 0.3) is 0 Å². The molecule has 5 nitrogen and oxygen atoms in total. The molecule has 1 aromatic carbocycles. The molecule has 0 aliphatic carbocycles. The van der Waals surface area contributed by atoms with Gasteiger partial charge in [-0.1, -0.05) is 12.1 Å². The minimum atomic E-state index is -0.352. The molecular weight excluding hydrogens is 206 g/mol. The van der Waals surface area contributed by atoms with Crippen molar-refractivity contribution in [1.82, 2.24) is 5.32 Å². The zero-order valence-electron chi connectivity index (χ0n) is 8.78. The Kier molecular flexibility index (Phi) is 4.04. The quantitative estimate of drug-likeness (QED) is 0.580. The number of benzene rings is 1. The van der Waals surface area contributed by atoms with Gasteiger partial charge in [0.1, 0.15) is 0 Å². The van der Waals surface area contributed by atoms with Gasteiger partial charge in [-0.3, -0.25) is 14.9 Å². The third-order valence-corrected chi connectivity index (χ3v) is 1.83. The van der Waals surface area contributed by atoms with E-state index >= 15 is 0 Å². The molecule has 0 saturated carbocycles. The highest BCUT2D eigenvalue weighted by molar-refractivity contribution is 5.88. The second kappa shape index (κ2) is 5.51. The van der Waals surface area contributed by atoms with Crippen molar-refractivity contribution in [2.24, 2.45) is 0 Å². The Labute approximate surface area is 93.1 Å². The Morgan fingerprint density at radius 2 is 1.94 bits per heavy atom. The van der Waals surface area contributed by atoms with E-state index in [2.05, 4.69) is 5.32 Å². The molecule has 0 unspecified atom stereocenters. The number of anilines is 1. The first-order valence-electron chi connectivity index (χ1n) is 4.66. The van der Waals surface area contributed by atoms with Crippen molar-refractivity contribution < 1.29 is 9.59 Å². The second-order valence-corrected chi connectivity index (χ2v) is 3.21. The number of nitrogens with one attached hydrogen (secondary N) is 2. The topological polar surface area (TPSA) is 82.0 Å². The maximum Gasteiger partial charge on any atom is 0.237 e. The van der Waals surface area contributed by atoms with E-state index in [4.69, 9.17) is 5.26 Å².